The average molecular weight is 260 g/mol. The lowest BCUT2D eigenvalue weighted by Gasteiger charge is -2.28. The maximum atomic E-state index is 11.8. The molecule has 0 aromatic heterocycles. The Morgan fingerprint density at radius 2 is 1.89 bits per heavy atom. The monoisotopic (exact) mass is 260 g/mol. The molecule has 1 aromatic rings. The molecule has 19 heavy (non-hydrogen) atoms. The number of amides is 1. The van der Waals surface area contributed by atoms with E-state index in [1.807, 2.05) is 4.90 Å². The molecular weight excluding hydrogens is 240 g/mol. The van der Waals surface area contributed by atoms with E-state index >= 15 is 0 Å². The molecule has 102 valence electrons. The predicted molar refractivity (Wildman–Crippen MR) is 74.5 cm³/mol. The van der Waals surface area contributed by atoms with Crippen molar-refractivity contribution in [3.63, 3.8) is 0 Å². The number of nitrogens with one attached hydrogen (secondary N) is 1. The highest BCUT2D eigenvalue weighted by molar-refractivity contribution is 5.94. The molecule has 2 aliphatic rings. The van der Waals surface area contributed by atoms with E-state index in [0.29, 0.717) is 19.1 Å². The van der Waals surface area contributed by atoms with Gasteiger partial charge in [0, 0.05) is 12.2 Å². The third kappa shape index (κ3) is 2.80. The molecule has 0 radical (unpaired) electrons. The first-order chi connectivity index (χ1) is 9.34. The van der Waals surface area contributed by atoms with Crippen molar-refractivity contribution in [3.05, 3.63) is 29.8 Å². The van der Waals surface area contributed by atoms with Crippen LogP contribution in [0.4, 0.5) is 5.69 Å². The van der Waals surface area contributed by atoms with Crippen LogP contribution in [0.5, 0.6) is 0 Å². The van der Waals surface area contributed by atoms with Crippen molar-refractivity contribution in [1.29, 1.82) is 0 Å². The second-order valence-corrected chi connectivity index (χ2v) is 5.21. The lowest BCUT2D eigenvalue weighted by Crippen LogP contribution is -2.41. The van der Waals surface area contributed by atoms with Gasteiger partial charge in [0.05, 0.1) is 6.61 Å². The molecule has 0 unspecified atom stereocenters. The number of anilines is 1. The smallest absolute Gasteiger partial charge is 0.253 e. The zero-order valence-electron chi connectivity index (χ0n) is 11.1. The summed E-state index contributed by atoms with van der Waals surface area (Å²) in [6.07, 6.45) is 2.41. The van der Waals surface area contributed by atoms with Gasteiger partial charge in [0.2, 0.25) is 0 Å². The molecule has 2 heterocycles. The molecule has 1 aromatic carbocycles. The maximum absolute atomic E-state index is 11.8. The highest BCUT2D eigenvalue weighted by Gasteiger charge is 2.21. The van der Waals surface area contributed by atoms with Gasteiger partial charge in [-0.2, -0.15) is 0 Å². The van der Waals surface area contributed by atoms with Crippen LogP contribution in [-0.2, 0) is 9.53 Å². The van der Waals surface area contributed by atoms with E-state index in [2.05, 4.69) is 29.6 Å². The van der Waals surface area contributed by atoms with Gasteiger partial charge in [0.1, 0.15) is 6.61 Å². The van der Waals surface area contributed by atoms with Crippen molar-refractivity contribution in [2.75, 3.05) is 37.7 Å². The molecular formula is C15H20N2O2. The predicted octanol–water partition coefficient (Wildman–Crippen LogP) is 1.52. The van der Waals surface area contributed by atoms with Crippen molar-refractivity contribution in [2.45, 2.75) is 18.8 Å². The van der Waals surface area contributed by atoms with Crippen LogP contribution in [0.1, 0.15) is 24.3 Å². The molecule has 3 rings (SSSR count). The minimum Gasteiger partial charge on any atom is -0.370 e. The van der Waals surface area contributed by atoms with Crippen LogP contribution < -0.4 is 10.2 Å². The zero-order chi connectivity index (χ0) is 13.1. The third-order valence-electron chi connectivity index (χ3n) is 4.00. The Hall–Kier alpha value is -1.39. The number of carbonyl (C=O) groups is 1. The van der Waals surface area contributed by atoms with Crippen LogP contribution in [0, 0.1) is 0 Å². The molecule has 2 fully saturated rings. The van der Waals surface area contributed by atoms with E-state index < -0.39 is 0 Å². The summed E-state index contributed by atoms with van der Waals surface area (Å²) in [6.45, 7) is 3.70. The van der Waals surface area contributed by atoms with Crippen LogP contribution in [0.2, 0.25) is 0 Å². The standard InChI is InChI=1S/C15H20N2O2/c18-15-11-19-10-9-17(15)14-3-1-12(2-4-14)13-5-7-16-8-6-13/h1-4,13,16H,5-11H2. The van der Waals surface area contributed by atoms with E-state index in [9.17, 15) is 4.79 Å². The molecule has 0 saturated carbocycles. The van der Waals surface area contributed by atoms with Gasteiger partial charge < -0.3 is 15.0 Å². The van der Waals surface area contributed by atoms with Gasteiger partial charge in [-0.25, -0.2) is 0 Å². The quantitative estimate of drug-likeness (QED) is 0.876. The third-order valence-corrected chi connectivity index (χ3v) is 4.00. The van der Waals surface area contributed by atoms with Gasteiger partial charge in [-0.05, 0) is 49.5 Å². The second kappa shape index (κ2) is 5.72. The molecule has 1 amide bonds. The Kier molecular flexibility index (Phi) is 3.80. The van der Waals surface area contributed by atoms with Gasteiger partial charge in [0.25, 0.3) is 5.91 Å². The lowest BCUT2D eigenvalue weighted by molar-refractivity contribution is -0.125. The van der Waals surface area contributed by atoms with Crippen LogP contribution in [0.3, 0.4) is 0 Å². The molecule has 0 spiro atoms. The van der Waals surface area contributed by atoms with Gasteiger partial charge in [-0.3, -0.25) is 4.79 Å². The van der Waals surface area contributed by atoms with Crippen LogP contribution in [0.15, 0.2) is 24.3 Å². The van der Waals surface area contributed by atoms with Crippen molar-refractivity contribution >= 4 is 11.6 Å². The van der Waals surface area contributed by atoms with E-state index in [1.54, 1.807) is 0 Å². The van der Waals surface area contributed by atoms with Gasteiger partial charge in [-0.15, -0.1) is 0 Å². The summed E-state index contributed by atoms with van der Waals surface area (Å²) in [5.74, 6) is 0.719. The van der Waals surface area contributed by atoms with Crippen molar-refractivity contribution in [1.82, 2.24) is 5.32 Å². The minimum absolute atomic E-state index is 0.0564. The number of benzene rings is 1. The number of hydrogen-bond acceptors (Lipinski definition) is 3. The molecule has 0 bridgehead atoms. The first kappa shape index (κ1) is 12.6. The molecule has 2 aliphatic heterocycles. The summed E-state index contributed by atoms with van der Waals surface area (Å²) < 4.78 is 5.15. The topological polar surface area (TPSA) is 41.6 Å². The van der Waals surface area contributed by atoms with E-state index in [-0.39, 0.29) is 12.5 Å². The number of rotatable bonds is 2. The van der Waals surface area contributed by atoms with E-state index in [0.717, 1.165) is 18.8 Å². The Morgan fingerprint density at radius 1 is 1.16 bits per heavy atom. The molecule has 4 heteroatoms. The molecule has 1 N–H and O–H groups in total. The number of hydrogen-bond donors (Lipinski definition) is 1. The lowest BCUT2D eigenvalue weighted by atomic mass is 9.90. The number of ether oxygens (including phenoxy) is 1. The van der Waals surface area contributed by atoms with Crippen LogP contribution in [-0.4, -0.2) is 38.8 Å². The molecule has 2 saturated heterocycles. The van der Waals surface area contributed by atoms with E-state index in [1.165, 1.54) is 18.4 Å². The van der Waals surface area contributed by atoms with Crippen LogP contribution >= 0.6 is 0 Å². The SMILES string of the molecule is O=C1COCCN1c1ccc(C2CCNCC2)cc1. The summed E-state index contributed by atoms with van der Waals surface area (Å²) in [6, 6.07) is 8.49. The number of carbonyl (C=O) groups excluding carboxylic acids is 1. The highest BCUT2D eigenvalue weighted by atomic mass is 16.5. The summed E-state index contributed by atoms with van der Waals surface area (Å²) in [5, 5.41) is 3.39. The Labute approximate surface area is 113 Å². The zero-order valence-corrected chi connectivity index (χ0v) is 11.1. The molecule has 0 atom stereocenters. The van der Waals surface area contributed by atoms with Crippen LogP contribution in [0.25, 0.3) is 0 Å². The average Bonchev–Trinajstić information content (AvgIpc) is 2.49. The Morgan fingerprint density at radius 3 is 2.58 bits per heavy atom. The molecule has 0 aliphatic carbocycles. The number of piperidine rings is 1. The maximum Gasteiger partial charge on any atom is 0.253 e. The minimum atomic E-state index is 0.0564. The van der Waals surface area contributed by atoms with Crippen molar-refractivity contribution in [2.24, 2.45) is 0 Å². The fourth-order valence-corrected chi connectivity index (χ4v) is 2.87. The summed E-state index contributed by atoms with van der Waals surface area (Å²) in [5.41, 5.74) is 2.39. The van der Waals surface area contributed by atoms with Gasteiger partial charge in [-0.1, -0.05) is 12.1 Å². The van der Waals surface area contributed by atoms with Crippen molar-refractivity contribution in [3.8, 4) is 0 Å². The summed E-state index contributed by atoms with van der Waals surface area (Å²) in [4.78, 5) is 13.6. The van der Waals surface area contributed by atoms with Gasteiger partial charge in [0.15, 0.2) is 0 Å². The normalized spacial score (nSPS) is 21.7. The first-order valence-electron chi connectivity index (χ1n) is 7.03. The summed E-state index contributed by atoms with van der Waals surface area (Å²) in [7, 11) is 0. The fraction of sp³-hybridized carbons (Fsp3) is 0.533. The Bertz CT molecular complexity index is 438. The van der Waals surface area contributed by atoms with Crippen molar-refractivity contribution < 1.29 is 9.53 Å². The fourth-order valence-electron chi connectivity index (χ4n) is 2.87. The second-order valence-electron chi connectivity index (χ2n) is 5.21. The first-order valence-corrected chi connectivity index (χ1v) is 7.03. The summed E-state index contributed by atoms with van der Waals surface area (Å²) >= 11 is 0. The van der Waals surface area contributed by atoms with E-state index in [4.69, 9.17) is 4.74 Å². The number of nitrogens with zero attached hydrogens (tertiary/aromatic N) is 1. The number of morpholine rings is 1. The Balaban J connectivity index is 1.72. The van der Waals surface area contributed by atoms with Gasteiger partial charge >= 0.3 is 0 Å². The largest absolute Gasteiger partial charge is 0.370 e. The highest BCUT2D eigenvalue weighted by Crippen LogP contribution is 2.27. The molecule has 4 nitrogen and oxygen atoms in total.